The maximum atomic E-state index is 12.2. The molecule has 0 aliphatic rings. The summed E-state index contributed by atoms with van der Waals surface area (Å²) in [4.78, 5) is 13.4. The van der Waals surface area contributed by atoms with Crippen molar-refractivity contribution < 1.29 is 4.79 Å². The van der Waals surface area contributed by atoms with Crippen molar-refractivity contribution >= 4 is 35.1 Å². The summed E-state index contributed by atoms with van der Waals surface area (Å²) in [5, 5.41) is 12.4. The van der Waals surface area contributed by atoms with Crippen molar-refractivity contribution in [3.63, 3.8) is 0 Å². The van der Waals surface area contributed by atoms with Crippen molar-refractivity contribution in [1.82, 2.24) is 0 Å². The lowest BCUT2D eigenvalue weighted by Gasteiger charge is -2.12. The highest BCUT2D eigenvalue weighted by Gasteiger charge is 2.08. The normalized spacial score (nSPS) is 11.6. The number of benzene rings is 2. The van der Waals surface area contributed by atoms with Crippen LogP contribution in [-0.2, 0) is 10.5 Å². The maximum absolute atomic E-state index is 12.2. The van der Waals surface area contributed by atoms with Crippen molar-refractivity contribution in [2.24, 2.45) is 0 Å². The van der Waals surface area contributed by atoms with E-state index in [0.717, 1.165) is 29.0 Å². The van der Waals surface area contributed by atoms with Crippen molar-refractivity contribution in [3.05, 3.63) is 59.2 Å². The summed E-state index contributed by atoms with van der Waals surface area (Å²) in [6.45, 7) is 6.44. The van der Waals surface area contributed by atoms with E-state index in [9.17, 15) is 4.79 Å². The van der Waals surface area contributed by atoms with Gasteiger partial charge in [-0.05, 0) is 54.8 Å². The first-order valence-corrected chi connectivity index (χ1v) is 10.7. The van der Waals surface area contributed by atoms with Crippen LogP contribution in [0.25, 0.3) is 0 Å². The first-order chi connectivity index (χ1) is 12.5. The molecule has 0 aliphatic heterocycles. The van der Waals surface area contributed by atoms with Gasteiger partial charge in [0.15, 0.2) is 0 Å². The molecule has 1 amide bonds. The Kier molecular flexibility index (Phi) is 8.08. The average Bonchev–Trinajstić information content (AvgIpc) is 2.64. The zero-order chi connectivity index (χ0) is 18.9. The number of nitrogens with zero attached hydrogens (tertiary/aromatic N) is 1. The molecule has 1 N–H and O–H groups in total. The van der Waals surface area contributed by atoms with Crippen molar-refractivity contribution in [2.75, 3.05) is 11.1 Å². The molecule has 0 heterocycles. The van der Waals surface area contributed by atoms with Gasteiger partial charge in [0.25, 0.3) is 0 Å². The van der Waals surface area contributed by atoms with Crippen LogP contribution < -0.4 is 5.32 Å². The summed E-state index contributed by atoms with van der Waals surface area (Å²) in [6, 6.07) is 15.8. The molecule has 3 nitrogen and oxygen atoms in total. The van der Waals surface area contributed by atoms with Crippen LogP contribution in [0.2, 0.25) is 0 Å². The van der Waals surface area contributed by atoms with Gasteiger partial charge < -0.3 is 5.32 Å². The van der Waals surface area contributed by atoms with Gasteiger partial charge in [0.05, 0.1) is 17.4 Å². The number of carbonyl (C=O) groups excluding carboxylic acids is 1. The van der Waals surface area contributed by atoms with Crippen LogP contribution in [0, 0.1) is 18.3 Å². The molecule has 26 heavy (non-hydrogen) atoms. The van der Waals surface area contributed by atoms with Crippen LogP contribution in [0.15, 0.2) is 47.4 Å². The number of nitrogens with one attached hydrogen (secondary N) is 1. The van der Waals surface area contributed by atoms with Gasteiger partial charge in [-0.1, -0.05) is 26.0 Å². The van der Waals surface area contributed by atoms with Crippen molar-refractivity contribution in [1.29, 1.82) is 5.26 Å². The molecule has 0 saturated carbocycles. The van der Waals surface area contributed by atoms with Gasteiger partial charge in [0, 0.05) is 21.6 Å². The minimum atomic E-state index is 0.00840. The Bertz CT molecular complexity index is 782. The number of anilines is 1. The lowest BCUT2D eigenvalue weighted by atomic mass is 10.2. The number of rotatable bonds is 8. The van der Waals surface area contributed by atoms with E-state index in [-0.39, 0.29) is 5.91 Å². The van der Waals surface area contributed by atoms with Crippen LogP contribution in [-0.4, -0.2) is 16.9 Å². The van der Waals surface area contributed by atoms with E-state index in [2.05, 4.69) is 37.4 Å². The summed E-state index contributed by atoms with van der Waals surface area (Å²) in [5.41, 5.74) is 3.73. The second-order valence-electron chi connectivity index (χ2n) is 6.16. The smallest absolute Gasteiger partial charge is 0.234 e. The fourth-order valence-electron chi connectivity index (χ4n) is 2.29. The quantitative estimate of drug-likeness (QED) is 0.599. The molecule has 5 heteroatoms. The SMILES string of the molecule is CCC(C)Sc1ccc(NC(=O)CSCc2ccc(C#N)cc2)c(C)c1. The number of nitriles is 1. The number of thioether (sulfide) groups is 2. The van der Waals surface area contributed by atoms with E-state index in [1.165, 1.54) is 4.90 Å². The largest absolute Gasteiger partial charge is 0.325 e. The molecule has 0 bridgehead atoms. The van der Waals surface area contributed by atoms with Crippen LogP contribution in [0.5, 0.6) is 0 Å². The molecule has 0 saturated heterocycles. The molecule has 2 aromatic carbocycles. The second kappa shape index (κ2) is 10.3. The molecule has 2 aromatic rings. The monoisotopic (exact) mass is 384 g/mol. The highest BCUT2D eigenvalue weighted by Crippen LogP contribution is 2.28. The number of amides is 1. The lowest BCUT2D eigenvalue weighted by Crippen LogP contribution is -2.15. The second-order valence-corrected chi connectivity index (χ2v) is 8.66. The summed E-state index contributed by atoms with van der Waals surface area (Å²) in [7, 11) is 0. The number of hydrogen-bond acceptors (Lipinski definition) is 4. The van der Waals surface area contributed by atoms with Gasteiger partial charge in [-0.2, -0.15) is 5.26 Å². The van der Waals surface area contributed by atoms with E-state index in [1.807, 2.05) is 36.9 Å². The summed E-state index contributed by atoms with van der Waals surface area (Å²) < 4.78 is 0. The Morgan fingerprint density at radius 2 is 1.96 bits per heavy atom. The van der Waals surface area contributed by atoms with Gasteiger partial charge in [-0.25, -0.2) is 0 Å². The van der Waals surface area contributed by atoms with Gasteiger partial charge in [-0.15, -0.1) is 23.5 Å². The van der Waals surface area contributed by atoms with Crippen LogP contribution in [0.1, 0.15) is 37.0 Å². The Morgan fingerprint density at radius 1 is 1.23 bits per heavy atom. The van der Waals surface area contributed by atoms with Crippen molar-refractivity contribution in [3.8, 4) is 6.07 Å². The molecule has 0 fully saturated rings. The predicted molar refractivity (Wildman–Crippen MR) is 113 cm³/mol. The van der Waals surface area contributed by atoms with Crippen LogP contribution in [0.3, 0.4) is 0 Å². The van der Waals surface area contributed by atoms with E-state index >= 15 is 0 Å². The summed E-state index contributed by atoms with van der Waals surface area (Å²) in [5.74, 6) is 1.17. The third-order valence-electron chi connectivity index (χ3n) is 3.97. The minimum Gasteiger partial charge on any atom is -0.325 e. The number of hydrogen-bond donors (Lipinski definition) is 1. The molecule has 0 radical (unpaired) electrons. The average molecular weight is 385 g/mol. The Balaban J connectivity index is 1.82. The van der Waals surface area contributed by atoms with Crippen LogP contribution in [0.4, 0.5) is 5.69 Å². The maximum Gasteiger partial charge on any atom is 0.234 e. The highest BCUT2D eigenvalue weighted by atomic mass is 32.2. The third kappa shape index (κ3) is 6.44. The predicted octanol–water partition coefficient (Wildman–Crippen LogP) is 5.63. The standard InChI is InChI=1S/C21H24N2OS2/c1-4-16(3)26-19-9-10-20(15(2)11-19)23-21(24)14-25-13-18-7-5-17(12-22)6-8-18/h5-11,16H,4,13-14H2,1-3H3,(H,23,24). The summed E-state index contributed by atoms with van der Waals surface area (Å²) >= 11 is 3.43. The zero-order valence-corrected chi connectivity index (χ0v) is 17.0. The molecular weight excluding hydrogens is 360 g/mol. The molecule has 136 valence electrons. The van der Waals surface area contributed by atoms with Crippen LogP contribution >= 0.6 is 23.5 Å². The molecule has 1 atom stereocenters. The van der Waals surface area contributed by atoms with Gasteiger partial charge in [-0.3, -0.25) is 4.79 Å². The lowest BCUT2D eigenvalue weighted by molar-refractivity contribution is -0.113. The summed E-state index contributed by atoms with van der Waals surface area (Å²) in [6.07, 6.45) is 1.14. The van der Waals surface area contributed by atoms with E-state index in [0.29, 0.717) is 16.6 Å². The molecule has 0 aromatic heterocycles. The number of carbonyl (C=O) groups is 1. The van der Waals surface area contributed by atoms with Crippen molar-refractivity contribution in [2.45, 2.75) is 43.1 Å². The minimum absolute atomic E-state index is 0.00840. The first kappa shape index (κ1) is 20.4. The Morgan fingerprint density at radius 3 is 2.58 bits per heavy atom. The molecule has 0 aliphatic carbocycles. The van der Waals surface area contributed by atoms with E-state index in [4.69, 9.17) is 5.26 Å². The first-order valence-electron chi connectivity index (χ1n) is 8.65. The third-order valence-corrected chi connectivity index (χ3v) is 6.23. The molecule has 1 unspecified atom stereocenters. The fourth-order valence-corrected chi connectivity index (χ4v) is 4.10. The zero-order valence-electron chi connectivity index (χ0n) is 15.4. The highest BCUT2D eigenvalue weighted by molar-refractivity contribution is 8.00. The fraction of sp³-hybridized carbons (Fsp3) is 0.333. The Hall–Kier alpha value is -1.90. The van der Waals surface area contributed by atoms with Gasteiger partial charge >= 0.3 is 0 Å². The molecule has 0 spiro atoms. The molecule has 2 rings (SSSR count). The van der Waals surface area contributed by atoms with E-state index in [1.54, 1.807) is 23.9 Å². The Labute approximate surface area is 164 Å². The van der Waals surface area contributed by atoms with Gasteiger partial charge in [0.1, 0.15) is 0 Å². The topological polar surface area (TPSA) is 52.9 Å². The molecular formula is C21H24N2OS2. The number of aryl methyl sites for hydroxylation is 1. The van der Waals surface area contributed by atoms with E-state index < -0.39 is 0 Å². The van der Waals surface area contributed by atoms with Gasteiger partial charge in [0.2, 0.25) is 5.91 Å².